The van der Waals surface area contributed by atoms with Gasteiger partial charge in [-0.15, -0.1) is 0 Å². The third-order valence-electron chi connectivity index (χ3n) is 5.60. The van der Waals surface area contributed by atoms with Crippen molar-refractivity contribution in [2.45, 2.75) is 53.5 Å². The largest absolute Gasteiger partial charge is 0.338 e. The van der Waals surface area contributed by atoms with Crippen LogP contribution < -0.4 is 5.32 Å². The van der Waals surface area contributed by atoms with Crippen LogP contribution in [0.15, 0.2) is 12.4 Å². The summed E-state index contributed by atoms with van der Waals surface area (Å²) in [7, 11) is 2.08. The summed E-state index contributed by atoms with van der Waals surface area (Å²) >= 11 is 0. The average Bonchev–Trinajstić information content (AvgIpc) is 2.64. The number of rotatable bonds is 6. The maximum Gasteiger partial charge on any atom is 0.108 e. The molecule has 3 nitrogen and oxygen atoms in total. The maximum atomic E-state index is 4.44. The first kappa shape index (κ1) is 14.6. The normalized spacial score (nSPS) is 22.4. The van der Waals surface area contributed by atoms with Crippen molar-refractivity contribution in [2.75, 3.05) is 6.54 Å². The fourth-order valence-corrected chi connectivity index (χ4v) is 3.82. The van der Waals surface area contributed by atoms with Crippen LogP contribution >= 0.6 is 0 Å². The van der Waals surface area contributed by atoms with Crippen molar-refractivity contribution in [3.63, 3.8) is 0 Å². The molecule has 19 heavy (non-hydrogen) atoms. The molecule has 1 atom stereocenters. The summed E-state index contributed by atoms with van der Waals surface area (Å²) in [6.07, 6.45) is 6.16. The number of nitrogens with zero attached hydrogens (tertiary/aromatic N) is 2. The van der Waals surface area contributed by atoms with E-state index in [2.05, 4.69) is 56.5 Å². The molecular weight excluding hydrogens is 234 g/mol. The molecule has 0 radical (unpaired) electrons. The van der Waals surface area contributed by atoms with Crippen molar-refractivity contribution in [1.82, 2.24) is 14.9 Å². The van der Waals surface area contributed by atoms with Crippen LogP contribution in [0.25, 0.3) is 0 Å². The summed E-state index contributed by atoms with van der Waals surface area (Å²) in [6.45, 7) is 12.9. The van der Waals surface area contributed by atoms with E-state index in [4.69, 9.17) is 0 Å². The molecule has 1 fully saturated rings. The van der Waals surface area contributed by atoms with E-state index >= 15 is 0 Å². The number of hydrogen-bond acceptors (Lipinski definition) is 2. The molecule has 0 aliphatic heterocycles. The molecule has 1 aromatic heterocycles. The Kier molecular flexibility index (Phi) is 3.78. The lowest BCUT2D eigenvalue weighted by molar-refractivity contribution is 0.380. The van der Waals surface area contributed by atoms with E-state index in [0.717, 1.165) is 18.9 Å². The van der Waals surface area contributed by atoms with Crippen LogP contribution in [0.3, 0.4) is 0 Å². The van der Waals surface area contributed by atoms with Crippen LogP contribution in [0.5, 0.6) is 0 Å². The lowest BCUT2D eigenvalue weighted by Gasteiger charge is -2.20. The van der Waals surface area contributed by atoms with Crippen LogP contribution in [0.4, 0.5) is 0 Å². The van der Waals surface area contributed by atoms with Gasteiger partial charge in [0.15, 0.2) is 0 Å². The van der Waals surface area contributed by atoms with Gasteiger partial charge in [0.25, 0.3) is 0 Å². The second-order valence-electron chi connectivity index (χ2n) is 7.08. The molecule has 0 spiro atoms. The smallest absolute Gasteiger partial charge is 0.108 e. The van der Waals surface area contributed by atoms with Gasteiger partial charge in [0.2, 0.25) is 0 Å². The van der Waals surface area contributed by atoms with Crippen molar-refractivity contribution in [1.29, 1.82) is 0 Å². The molecule has 0 saturated heterocycles. The van der Waals surface area contributed by atoms with Gasteiger partial charge in [0, 0.05) is 31.9 Å². The number of hydrogen-bond donors (Lipinski definition) is 1. The van der Waals surface area contributed by atoms with Gasteiger partial charge in [0.05, 0.1) is 0 Å². The molecule has 3 heteroatoms. The molecule has 0 aromatic carbocycles. The molecule has 1 unspecified atom stereocenters. The predicted octanol–water partition coefficient (Wildman–Crippen LogP) is 3.01. The molecule has 1 saturated carbocycles. The van der Waals surface area contributed by atoms with Gasteiger partial charge in [-0.1, -0.05) is 34.6 Å². The lowest BCUT2D eigenvalue weighted by atomic mass is 9.99. The van der Waals surface area contributed by atoms with Crippen molar-refractivity contribution < 1.29 is 0 Å². The third-order valence-corrected chi connectivity index (χ3v) is 5.60. The van der Waals surface area contributed by atoms with Crippen LogP contribution in [-0.4, -0.2) is 22.1 Å². The third kappa shape index (κ3) is 2.45. The first-order valence-electron chi connectivity index (χ1n) is 7.52. The van der Waals surface area contributed by atoms with Crippen LogP contribution in [0.2, 0.25) is 0 Å². The van der Waals surface area contributed by atoms with E-state index in [0.29, 0.717) is 16.9 Å². The first-order chi connectivity index (χ1) is 8.82. The van der Waals surface area contributed by atoms with Crippen LogP contribution in [0.1, 0.15) is 46.9 Å². The van der Waals surface area contributed by atoms with Crippen molar-refractivity contribution in [3.05, 3.63) is 18.2 Å². The highest BCUT2D eigenvalue weighted by Gasteiger charge is 2.66. The zero-order chi connectivity index (χ0) is 14.3. The van der Waals surface area contributed by atoms with E-state index in [-0.39, 0.29) is 0 Å². The SMILES string of the molecule is CCNC(CCc1nccn1C)C1C(C)(C)C1(C)C. The van der Waals surface area contributed by atoms with Gasteiger partial charge in [-0.05, 0) is 29.7 Å². The quantitative estimate of drug-likeness (QED) is 0.855. The van der Waals surface area contributed by atoms with E-state index in [1.54, 1.807) is 0 Å². The summed E-state index contributed by atoms with van der Waals surface area (Å²) in [5, 5.41) is 3.70. The summed E-state index contributed by atoms with van der Waals surface area (Å²) in [5.41, 5.74) is 0.892. The summed E-state index contributed by atoms with van der Waals surface area (Å²) in [6, 6.07) is 0.603. The Bertz CT molecular complexity index is 417. The minimum absolute atomic E-state index is 0.446. The number of nitrogens with one attached hydrogen (secondary N) is 1. The highest BCUT2D eigenvalue weighted by Crippen LogP contribution is 2.69. The van der Waals surface area contributed by atoms with Crippen LogP contribution in [0, 0.1) is 16.7 Å². The molecule has 1 aromatic rings. The van der Waals surface area contributed by atoms with E-state index < -0.39 is 0 Å². The van der Waals surface area contributed by atoms with Gasteiger partial charge >= 0.3 is 0 Å². The highest BCUT2D eigenvalue weighted by molar-refractivity contribution is 5.16. The average molecular weight is 263 g/mol. The summed E-state index contributed by atoms with van der Waals surface area (Å²) in [4.78, 5) is 4.44. The fraction of sp³-hybridized carbons (Fsp3) is 0.812. The maximum absolute atomic E-state index is 4.44. The zero-order valence-corrected chi connectivity index (χ0v) is 13.3. The van der Waals surface area contributed by atoms with Gasteiger partial charge in [-0.3, -0.25) is 0 Å². The summed E-state index contributed by atoms with van der Waals surface area (Å²) in [5.74, 6) is 1.96. The van der Waals surface area contributed by atoms with E-state index in [1.807, 2.05) is 12.4 Å². The molecule has 108 valence electrons. The van der Waals surface area contributed by atoms with Gasteiger partial charge in [-0.2, -0.15) is 0 Å². The molecule has 0 amide bonds. The fourth-order valence-electron chi connectivity index (χ4n) is 3.82. The Morgan fingerprint density at radius 3 is 2.37 bits per heavy atom. The highest BCUT2D eigenvalue weighted by atomic mass is 15.0. The standard InChI is InChI=1S/C16H29N3/c1-7-17-12(14-15(2,3)16(14,4)5)8-9-13-18-10-11-19(13)6/h10-12,14,17H,7-9H2,1-6H3. The molecule has 0 bridgehead atoms. The predicted molar refractivity (Wildman–Crippen MR) is 80.0 cm³/mol. The molecule has 1 aliphatic carbocycles. The number of imidazole rings is 1. The summed E-state index contributed by atoms with van der Waals surface area (Å²) < 4.78 is 2.13. The van der Waals surface area contributed by atoms with Gasteiger partial charge in [0.1, 0.15) is 5.82 Å². The van der Waals surface area contributed by atoms with Gasteiger partial charge in [-0.25, -0.2) is 4.98 Å². The molecular formula is C16H29N3. The molecule has 2 rings (SSSR count). The van der Waals surface area contributed by atoms with Gasteiger partial charge < -0.3 is 9.88 Å². The Hall–Kier alpha value is -0.830. The molecule has 1 N–H and O–H groups in total. The van der Waals surface area contributed by atoms with E-state index in [9.17, 15) is 0 Å². The topological polar surface area (TPSA) is 29.9 Å². The Labute approximate surface area is 117 Å². The lowest BCUT2D eigenvalue weighted by Crippen LogP contribution is -2.34. The minimum Gasteiger partial charge on any atom is -0.338 e. The number of aromatic nitrogens is 2. The second kappa shape index (κ2) is 4.93. The van der Waals surface area contributed by atoms with Crippen LogP contribution in [-0.2, 0) is 13.5 Å². The second-order valence-corrected chi connectivity index (χ2v) is 7.08. The van der Waals surface area contributed by atoms with Crippen molar-refractivity contribution in [3.8, 4) is 0 Å². The molecule has 1 aliphatic rings. The minimum atomic E-state index is 0.446. The number of aryl methyl sites for hydroxylation is 2. The Morgan fingerprint density at radius 2 is 1.95 bits per heavy atom. The van der Waals surface area contributed by atoms with Crippen molar-refractivity contribution >= 4 is 0 Å². The zero-order valence-electron chi connectivity index (χ0n) is 13.3. The Morgan fingerprint density at radius 1 is 1.32 bits per heavy atom. The first-order valence-corrected chi connectivity index (χ1v) is 7.52. The van der Waals surface area contributed by atoms with E-state index in [1.165, 1.54) is 12.2 Å². The Balaban J connectivity index is 2.00. The van der Waals surface area contributed by atoms with Crippen molar-refractivity contribution in [2.24, 2.45) is 23.8 Å². The monoisotopic (exact) mass is 263 g/mol. The molecule has 1 heterocycles.